The van der Waals surface area contributed by atoms with E-state index in [1.807, 2.05) is 30.3 Å². The third-order valence-corrected chi connectivity index (χ3v) is 5.83. The number of hydrogen-bond acceptors (Lipinski definition) is 2. The van der Waals surface area contributed by atoms with E-state index in [0.717, 1.165) is 23.4 Å². The Hall–Kier alpha value is -1.97. The lowest BCUT2D eigenvalue weighted by Crippen LogP contribution is -2.29. The molecule has 2 aromatic rings. The third-order valence-electron chi connectivity index (χ3n) is 5.00. The lowest BCUT2D eigenvalue weighted by molar-refractivity contribution is -0.114. The van der Waals surface area contributed by atoms with Crippen LogP contribution in [0.5, 0.6) is 0 Å². The van der Waals surface area contributed by atoms with Crippen LogP contribution in [0.15, 0.2) is 48.6 Å². The van der Waals surface area contributed by atoms with Crippen molar-refractivity contribution in [2.75, 3.05) is 10.6 Å². The van der Waals surface area contributed by atoms with E-state index in [4.69, 9.17) is 23.2 Å². The van der Waals surface area contributed by atoms with Gasteiger partial charge in [-0.25, -0.2) is 0 Å². The number of allylic oxidation sites excluding steroid dienone is 2. The lowest BCUT2D eigenvalue weighted by Gasteiger charge is -2.38. The molecule has 1 aliphatic carbocycles. The van der Waals surface area contributed by atoms with Crippen molar-refractivity contribution in [1.82, 2.24) is 0 Å². The largest absolute Gasteiger partial charge is 0.378 e. The van der Waals surface area contributed by atoms with Crippen molar-refractivity contribution in [3.8, 4) is 0 Å². The van der Waals surface area contributed by atoms with Crippen molar-refractivity contribution in [2.24, 2.45) is 5.92 Å². The van der Waals surface area contributed by atoms with Crippen molar-refractivity contribution in [2.45, 2.75) is 25.3 Å². The number of halogens is 2. The molecule has 0 saturated heterocycles. The molecule has 1 amide bonds. The van der Waals surface area contributed by atoms with Crippen molar-refractivity contribution in [3.63, 3.8) is 0 Å². The van der Waals surface area contributed by atoms with Crippen LogP contribution in [-0.2, 0) is 4.79 Å². The van der Waals surface area contributed by atoms with Gasteiger partial charge in [0.25, 0.3) is 0 Å². The van der Waals surface area contributed by atoms with Gasteiger partial charge in [0.05, 0.1) is 16.1 Å². The van der Waals surface area contributed by atoms with Crippen LogP contribution in [0.4, 0.5) is 11.4 Å². The number of fused-ring (bicyclic) bond motifs is 3. The number of amides is 1. The van der Waals surface area contributed by atoms with E-state index in [0.29, 0.717) is 21.9 Å². The van der Waals surface area contributed by atoms with Gasteiger partial charge in [0.15, 0.2) is 0 Å². The summed E-state index contributed by atoms with van der Waals surface area (Å²) < 4.78 is 0. The van der Waals surface area contributed by atoms with Crippen molar-refractivity contribution >= 4 is 40.5 Å². The second kappa shape index (κ2) is 6.40. The van der Waals surface area contributed by atoms with Crippen LogP contribution < -0.4 is 10.6 Å². The van der Waals surface area contributed by atoms with Gasteiger partial charge in [-0.15, -0.1) is 0 Å². The Morgan fingerprint density at radius 2 is 2.04 bits per heavy atom. The maximum Gasteiger partial charge on any atom is 0.221 e. The number of benzene rings is 2. The standard InChI is InChI=1S/C20H18Cl2N2O/c1-11(25)23-12-8-9-18-16(10-12)13-4-2-5-14(13)20(24-18)15-6-3-7-17(21)19(15)22/h2-4,6-10,13-14,20,24H,5H2,1H3,(H,23,25)/t13-,14-,20+/m0/s1. The van der Waals surface area contributed by atoms with E-state index in [1.165, 1.54) is 12.5 Å². The van der Waals surface area contributed by atoms with Crippen molar-refractivity contribution in [1.29, 1.82) is 0 Å². The molecule has 5 heteroatoms. The first-order valence-electron chi connectivity index (χ1n) is 8.33. The maximum atomic E-state index is 11.3. The van der Waals surface area contributed by atoms with Gasteiger partial charge in [0.1, 0.15) is 0 Å². The van der Waals surface area contributed by atoms with Gasteiger partial charge in [0.2, 0.25) is 5.91 Å². The van der Waals surface area contributed by atoms with Gasteiger partial charge >= 0.3 is 0 Å². The predicted octanol–water partition coefficient (Wildman–Crippen LogP) is 5.78. The van der Waals surface area contributed by atoms with Crippen molar-refractivity contribution in [3.05, 3.63) is 69.7 Å². The SMILES string of the molecule is CC(=O)Nc1ccc2c(c1)[C@H]1C=CC[C@@H]1[C@H](c1cccc(Cl)c1Cl)N2. The lowest BCUT2D eigenvalue weighted by atomic mass is 9.77. The predicted molar refractivity (Wildman–Crippen MR) is 104 cm³/mol. The van der Waals surface area contributed by atoms with E-state index >= 15 is 0 Å². The summed E-state index contributed by atoms with van der Waals surface area (Å²) in [4.78, 5) is 11.3. The minimum atomic E-state index is -0.0641. The summed E-state index contributed by atoms with van der Waals surface area (Å²) in [6.07, 6.45) is 5.46. The topological polar surface area (TPSA) is 41.1 Å². The Morgan fingerprint density at radius 1 is 1.20 bits per heavy atom. The molecule has 0 aromatic heterocycles. The summed E-state index contributed by atoms with van der Waals surface area (Å²) in [6.45, 7) is 1.52. The summed E-state index contributed by atoms with van der Waals surface area (Å²) in [5.74, 6) is 0.604. The summed E-state index contributed by atoms with van der Waals surface area (Å²) in [6, 6.07) is 11.9. The zero-order valence-corrected chi connectivity index (χ0v) is 15.2. The summed E-state index contributed by atoms with van der Waals surface area (Å²) in [5, 5.41) is 7.70. The third kappa shape index (κ3) is 2.92. The molecule has 3 nitrogen and oxygen atoms in total. The first-order chi connectivity index (χ1) is 12.0. The van der Waals surface area contributed by atoms with Crippen LogP contribution in [-0.4, -0.2) is 5.91 Å². The average Bonchev–Trinajstić information content (AvgIpc) is 3.06. The maximum absolute atomic E-state index is 11.3. The molecule has 25 heavy (non-hydrogen) atoms. The molecule has 2 N–H and O–H groups in total. The molecule has 2 aromatic carbocycles. The summed E-state index contributed by atoms with van der Waals surface area (Å²) >= 11 is 12.7. The van der Waals surface area contributed by atoms with Gasteiger partial charge in [-0.3, -0.25) is 4.79 Å². The number of carbonyl (C=O) groups is 1. The van der Waals surface area contributed by atoms with Crippen LogP contribution >= 0.6 is 23.2 Å². The molecular formula is C20H18Cl2N2O. The van der Waals surface area contributed by atoms with E-state index in [-0.39, 0.29) is 11.9 Å². The molecule has 0 unspecified atom stereocenters. The highest BCUT2D eigenvalue weighted by atomic mass is 35.5. The Balaban J connectivity index is 1.76. The molecule has 128 valence electrons. The first-order valence-corrected chi connectivity index (χ1v) is 9.09. The fourth-order valence-electron chi connectivity index (χ4n) is 3.94. The number of nitrogens with one attached hydrogen (secondary N) is 2. The van der Waals surface area contributed by atoms with Gasteiger partial charge in [-0.1, -0.05) is 47.5 Å². The minimum absolute atomic E-state index is 0.0641. The molecule has 4 rings (SSSR count). The zero-order chi connectivity index (χ0) is 17.6. The van der Waals surface area contributed by atoms with E-state index < -0.39 is 0 Å². The van der Waals surface area contributed by atoms with Crippen LogP contribution in [0, 0.1) is 5.92 Å². The second-order valence-electron chi connectivity index (χ2n) is 6.60. The van der Waals surface area contributed by atoms with E-state index in [1.54, 1.807) is 0 Å². The minimum Gasteiger partial charge on any atom is -0.378 e. The highest BCUT2D eigenvalue weighted by molar-refractivity contribution is 6.42. The average molecular weight is 373 g/mol. The van der Waals surface area contributed by atoms with E-state index in [9.17, 15) is 4.79 Å². The molecule has 1 heterocycles. The Kier molecular flexibility index (Phi) is 4.22. The summed E-state index contributed by atoms with van der Waals surface area (Å²) in [7, 11) is 0. The molecule has 0 saturated carbocycles. The van der Waals surface area contributed by atoms with Crippen LogP contribution in [0.3, 0.4) is 0 Å². The van der Waals surface area contributed by atoms with Gasteiger partial charge in [-0.05, 0) is 47.7 Å². The molecule has 0 fully saturated rings. The molecule has 2 aliphatic rings. The Bertz CT molecular complexity index is 878. The molecule has 0 spiro atoms. The quantitative estimate of drug-likeness (QED) is 0.656. The van der Waals surface area contributed by atoms with Crippen LogP contribution in [0.2, 0.25) is 10.0 Å². The van der Waals surface area contributed by atoms with Crippen LogP contribution in [0.1, 0.15) is 36.4 Å². The van der Waals surface area contributed by atoms with Gasteiger partial charge in [-0.2, -0.15) is 0 Å². The zero-order valence-electron chi connectivity index (χ0n) is 13.7. The van der Waals surface area contributed by atoms with Gasteiger partial charge < -0.3 is 10.6 Å². The molecule has 1 aliphatic heterocycles. The highest BCUT2D eigenvalue weighted by Crippen LogP contribution is 2.51. The summed E-state index contributed by atoms with van der Waals surface area (Å²) in [5.41, 5.74) is 4.14. The Labute approximate surface area is 157 Å². The number of anilines is 2. The highest BCUT2D eigenvalue weighted by Gasteiger charge is 2.38. The normalized spacial score (nSPS) is 23.6. The molecule has 0 radical (unpaired) electrons. The van der Waals surface area contributed by atoms with E-state index in [2.05, 4.69) is 28.9 Å². The Morgan fingerprint density at radius 3 is 2.84 bits per heavy atom. The first kappa shape index (κ1) is 16.5. The van der Waals surface area contributed by atoms with Crippen molar-refractivity contribution < 1.29 is 4.79 Å². The number of carbonyl (C=O) groups excluding carboxylic acids is 1. The second-order valence-corrected chi connectivity index (χ2v) is 7.39. The van der Waals surface area contributed by atoms with Gasteiger partial charge in [0, 0.05) is 24.2 Å². The molecule has 0 bridgehead atoms. The molecular weight excluding hydrogens is 355 g/mol. The smallest absolute Gasteiger partial charge is 0.221 e. The monoisotopic (exact) mass is 372 g/mol. The molecule has 3 atom stereocenters. The fraction of sp³-hybridized carbons (Fsp3) is 0.250. The fourth-order valence-corrected chi connectivity index (χ4v) is 4.37. The number of hydrogen-bond donors (Lipinski definition) is 2. The van der Waals surface area contributed by atoms with Crippen LogP contribution in [0.25, 0.3) is 0 Å². The number of rotatable bonds is 2.